The predicted molar refractivity (Wildman–Crippen MR) is 160 cm³/mol. The van der Waals surface area contributed by atoms with Crippen molar-refractivity contribution >= 4 is 5.91 Å². The highest BCUT2D eigenvalue weighted by atomic mass is 16.6. The first-order valence-electron chi connectivity index (χ1n) is 15.4. The van der Waals surface area contributed by atoms with Gasteiger partial charge in [0.25, 0.3) is 0 Å². The molecule has 1 aliphatic carbocycles. The molecule has 41 heavy (non-hydrogen) atoms. The Balaban J connectivity index is 1.23. The van der Waals surface area contributed by atoms with Gasteiger partial charge in [-0.05, 0) is 91.5 Å². The van der Waals surface area contributed by atoms with E-state index >= 15 is 0 Å². The lowest BCUT2D eigenvalue weighted by Gasteiger charge is -2.41. The van der Waals surface area contributed by atoms with Gasteiger partial charge in [0, 0.05) is 19.1 Å². The Morgan fingerprint density at radius 2 is 1.76 bits per heavy atom. The fourth-order valence-electron chi connectivity index (χ4n) is 6.57. The maximum Gasteiger partial charge on any atom is 0.237 e. The number of ether oxygens (including phenoxy) is 3. The average Bonchev–Trinajstić information content (AvgIpc) is 3.52. The van der Waals surface area contributed by atoms with E-state index in [1.165, 1.54) is 24.0 Å². The second kappa shape index (κ2) is 12.6. The van der Waals surface area contributed by atoms with Gasteiger partial charge in [0.15, 0.2) is 17.6 Å². The molecule has 216 valence electrons. The summed E-state index contributed by atoms with van der Waals surface area (Å²) in [7, 11) is 0. The van der Waals surface area contributed by atoms with Crippen molar-refractivity contribution in [2.24, 2.45) is 0 Å². The Bertz CT molecular complexity index is 1320. The van der Waals surface area contributed by atoms with Crippen LogP contribution >= 0.6 is 0 Å². The summed E-state index contributed by atoms with van der Waals surface area (Å²) < 4.78 is 18.9. The molecule has 0 spiro atoms. The van der Waals surface area contributed by atoms with Crippen LogP contribution in [0.5, 0.6) is 17.2 Å². The Morgan fingerprint density at radius 3 is 2.49 bits per heavy atom. The zero-order valence-electron chi connectivity index (χ0n) is 24.3. The van der Waals surface area contributed by atoms with Crippen molar-refractivity contribution in [3.05, 3.63) is 89.0 Å². The highest BCUT2D eigenvalue weighted by molar-refractivity contribution is 5.82. The Labute approximate surface area is 244 Å². The summed E-state index contributed by atoms with van der Waals surface area (Å²) in [5.74, 6) is 2.56. The molecule has 6 rings (SSSR count). The SMILES string of the molecule is CCCNC(=O)[C@@H]1Cc2cc3c(cc2CN1[C@@H](CC)c1ccccc1)O[C@@H](c1ccc(OC2CCCC2)cc1)CO3. The van der Waals surface area contributed by atoms with E-state index in [9.17, 15) is 4.79 Å². The quantitative estimate of drug-likeness (QED) is 0.311. The molecule has 6 nitrogen and oxygen atoms in total. The highest BCUT2D eigenvalue weighted by Crippen LogP contribution is 2.42. The van der Waals surface area contributed by atoms with Crippen LogP contribution in [0.1, 0.15) is 86.8 Å². The maximum atomic E-state index is 13.4. The van der Waals surface area contributed by atoms with Crippen LogP contribution < -0.4 is 19.5 Å². The summed E-state index contributed by atoms with van der Waals surface area (Å²) in [6.07, 6.45) is 7.47. The standard InChI is InChI=1S/C35H42N2O4/c1-3-18-36-35(38)31-19-26-20-32-33(21-27(26)22-37(31)30(4-2)24-10-6-5-7-11-24)41-34(23-39-32)25-14-16-29(17-15-25)40-28-12-8-9-13-28/h5-7,10-11,14-17,20-21,28,30-31,34H,3-4,8-9,12-13,18-19,22-23H2,1-2H3,(H,36,38)/t30-,31-,34+/m0/s1. The second-order valence-corrected chi connectivity index (χ2v) is 11.6. The number of benzene rings is 3. The molecule has 1 amide bonds. The van der Waals surface area contributed by atoms with Crippen molar-refractivity contribution in [3.63, 3.8) is 0 Å². The van der Waals surface area contributed by atoms with Crippen molar-refractivity contribution in [2.45, 2.75) is 89.6 Å². The molecule has 0 unspecified atom stereocenters. The van der Waals surface area contributed by atoms with Gasteiger partial charge in [0.05, 0.1) is 12.1 Å². The molecule has 1 fully saturated rings. The van der Waals surface area contributed by atoms with Crippen LogP contribution in [0.4, 0.5) is 0 Å². The summed E-state index contributed by atoms with van der Waals surface area (Å²) >= 11 is 0. The second-order valence-electron chi connectivity index (χ2n) is 11.6. The monoisotopic (exact) mass is 554 g/mol. The van der Waals surface area contributed by atoms with Gasteiger partial charge in [0.1, 0.15) is 12.4 Å². The number of amides is 1. The van der Waals surface area contributed by atoms with Gasteiger partial charge in [0.2, 0.25) is 5.91 Å². The van der Waals surface area contributed by atoms with Gasteiger partial charge in [-0.1, -0.05) is 56.3 Å². The minimum Gasteiger partial charge on any atom is -0.490 e. The zero-order valence-corrected chi connectivity index (χ0v) is 24.3. The molecule has 3 aromatic rings. The number of fused-ring (bicyclic) bond motifs is 2. The third-order valence-corrected chi connectivity index (χ3v) is 8.77. The summed E-state index contributed by atoms with van der Waals surface area (Å²) in [5.41, 5.74) is 4.68. The molecule has 1 N–H and O–H groups in total. The summed E-state index contributed by atoms with van der Waals surface area (Å²) in [6, 6.07) is 23.0. The Hall–Kier alpha value is -3.51. The summed E-state index contributed by atoms with van der Waals surface area (Å²) in [5, 5.41) is 3.16. The molecule has 3 aliphatic rings. The van der Waals surface area contributed by atoms with Gasteiger partial charge in [-0.3, -0.25) is 9.69 Å². The lowest BCUT2D eigenvalue weighted by molar-refractivity contribution is -0.128. The van der Waals surface area contributed by atoms with Gasteiger partial charge in [-0.25, -0.2) is 0 Å². The molecule has 2 aliphatic heterocycles. The highest BCUT2D eigenvalue weighted by Gasteiger charge is 2.37. The molecule has 3 aromatic carbocycles. The lowest BCUT2D eigenvalue weighted by Crippen LogP contribution is -2.51. The van der Waals surface area contributed by atoms with Crippen LogP contribution in [0.25, 0.3) is 0 Å². The van der Waals surface area contributed by atoms with E-state index in [-0.39, 0.29) is 24.1 Å². The van der Waals surface area contributed by atoms with Crippen molar-refractivity contribution in [1.82, 2.24) is 10.2 Å². The first kappa shape index (κ1) is 27.6. The zero-order chi connectivity index (χ0) is 28.2. The van der Waals surface area contributed by atoms with Crippen molar-refractivity contribution < 1.29 is 19.0 Å². The van der Waals surface area contributed by atoms with E-state index < -0.39 is 0 Å². The van der Waals surface area contributed by atoms with Gasteiger partial charge < -0.3 is 19.5 Å². The fourth-order valence-corrected chi connectivity index (χ4v) is 6.57. The van der Waals surface area contributed by atoms with Crippen molar-refractivity contribution in [3.8, 4) is 17.2 Å². The van der Waals surface area contributed by atoms with Crippen LogP contribution in [0.3, 0.4) is 0 Å². The number of rotatable bonds is 9. The van der Waals surface area contributed by atoms with Gasteiger partial charge in [-0.15, -0.1) is 0 Å². The van der Waals surface area contributed by atoms with E-state index in [0.717, 1.165) is 54.1 Å². The van der Waals surface area contributed by atoms with Crippen LogP contribution in [-0.4, -0.2) is 36.1 Å². The number of hydrogen-bond donors (Lipinski definition) is 1. The molecule has 0 saturated heterocycles. The average molecular weight is 555 g/mol. The number of carbonyl (C=O) groups excluding carboxylic acids is 1. The number of nitrogens with zero attached hydrogens (tertiary/aromatic N) is 1. The topological polar surface area (TPSA) is 60.0 Å². The smallest absolute Gasteiger partial charge is 0.237 e. The Morgan fingerprint density at radius 1 is 1.00 bits per heavy atom. The largest absolute Gasteiger partial charge is 0.490 e. The molecular formula is C35H42N2O4. The molecule has 2 heterocycles. The number of hydrogen-bond acceptors (Lipinski definition) is 5. The fraction of sp³-hybridized carbons (Fsp3) is 0.457. The van der Waals surface area contributed by atoms with Crippen LogP contribution in [0.2, 0.25) is 0 Å². The molecule has 0 bridgehead atoms. The molecular weight excluding hydrogens is 512 g/mol. The maximum absolute atomic E-state index is 13.4. The number of nitrogens with one attached hydrogen (secondary N) is 1. The lowest BCUT2D eigenvalue weighted by atomic mass is 9.89. The van der Waals surface area contributed by atoms with Gasteiger partial charge in [-0.2, -0.15) is 0 Å². The van der Waals surface area contributed by atoms with E-state index in [2.05, 4.69) is 84.7 Å². The van der Waals surface area contributed by atoms with E-state index in [4.69, 9.17) is 14.2 Å². The Kier molecular flexibility index (Phi) is 8.47. The van der Waals surface area contributed by atoms with Gasteiger partial charge >= 0.3 is 0 Å². The third kappa shape index (κ3) is 6.08. The first-order valence-corrected chi connectivity index (χ1v) is 15.4. The van der Waals surface area contributed by atoms with Crippen LogP contribution in [0.15, 0.2) is 66.7 Å². The molecule has 1 saturated carbocycles. The molecule has 0 radical (unpaired) electrons. The van der Waals surface area contributed by atoms with Crippen molar-refractivity contribution in [2.75, 3.05) is 13.2 Å². The minimum absolute atomic E-state index is 0.0993. The number of carbonyl (C=O) groups is 1. The van der Waals surface area contributed by atoms with Crippen LogP contribution in [0, 0.1) is 0 Å². The third-order valence-electron chi connectivity index (χ3n) is 8.77. The molecule has 0 aromatic heterocycles. The molecule has 3 atom stereocenters. The predicted octanol–water partition coefficient (Wildman–Crippen LogP) is 6.92. The summed E-state index contributed by atoms with van der Waals surface area (Å²) in [6.45, 7) is 6.11. The first-order chi connectivity index (χ1) is 20.1. The molecule has 6 heteroatoms. The van der Waals surface area contributed by atoms with E-state index in [1.807, 2.05) is 6.07 Å². The minimum atomic E-state index is -0.237. The summed E-state index contributed by atoms with van der Waals surface area (Å²) in [4.78, 5) is 15.8. The van der Waals surface area contributed by atoms with E-state index in [1.54, 1.807) is 0 Å². The van der Waals surface area contributed by atoms with Crippen LogP contribution in [-0.2, 0) is 17.8 Å². The van der Waals surface area contributed by atoms with E-state index in [0.29, 0.717) is 32.2 Å². The van der Waals surface area contributed by atoms with Crippen molar-refractivity contribution in [1.29, 1.82) is 0 Å². The normalized spacial score (nSPS) is 21.2.